The Labute approximate surface area is 112 Å². The van der Waals surface area contributed by atoms with Gasteiger partial charge in [-0.25, -0.2) is 4.79 Å². The lowest BCUT2D eigenvalue weighted by atomic mass is 10.1. The molecule has 19 heavy (non-hydrogen) atoms. The summed E-state index contributed by atoms with van der Waals surface area (Å²) >= 11 is 0. The normalized spacial score (nSPS) is 16.3. The number of aromatic carboxylic acids is 1. The smallest absolute Gasteiger partial charge is 0.335 e. The first-order valence-electron chi connectivity index (χ1n) is 6.41. The molecule has 1 aromatic rings. The van der Waals surface area contributed by atoms with Gasteiger partial charge in [0.05, 0.1) is 25.9 Å². The van der Waals surface area contributed by atoms with Crippen LogP contribution in [0.4, 0.5) is 0 Å². The summed E-state index contributed by atoms with van der Waals surface area (Å²) < 4.78 is 10.6. The molecule has 0 aromatic heterocycles. The fourth-order valence-corrected chi connectivity index (χ4v) is 2.19. The van der Waals surface area contributed by atoms with Gasteiger partial charge in [0.15, 0.2) is 0 Å². The Balaban J connectivity index is 2.00. The van der Waals surface area contributed by atoms with Crippen molar-refractivity contribution >= 4 is 5.97 Å². The molecule has 5 heteroatoms. The number of hydrogen-bond acceptors (Lipinski definition) is 4. The Hall–Kier alpha value is -1.59. The largest absolute Gasteiger partial charge is 0.496 e. The van der Waals surface area contributed by atoms with E-state index in [2.05, 4.69) is 4.90 Å². The van der Waals surface area contributed by atoms with Crippen molar-refractivity contribution in [2.75, 3.05) is 40.0 Å². The minimum atomic E-state index is -0.932. The Kier molecular flexibility index (Phi) is 4.76. The molecule has 0 amide bonds. The molecular weight excluding hydrogens is 246 g/mol. The van der Waals surface area contributed by atoms with Gasteiger partial charge in [-0.15, -0.1) is 0 Å². The Bertz CT molecular complexity index is 441. The molecule has 1 heterocycles. The predicted octanol–water partition coefficient (Wildman–Crippen LogP) is 1.27. The summed E-state index contributed by atoms with van der Waals surface area (Å²) in [7, 11) is 1.57. The Morgan fingerprint density at radius 3 is 2.79 bits per heavy atom. The second-order valence-electron chi connectivity index (χ2n) is 4.54. The van der Waals surface area contributed by atoms with Crippen molar-refractivity contribution in [3.63, 3.8) is 0 Å². The summed E-state index contributed by atoms with van der Waals surface area (Å²) in [4.78, 5) is 13.2. The second-order valence-corrected chi connectivity index (χ2v) is 4.54. The van der Waals surface area contributed by atoms with Crippen LogP contribution in [0.3, 0.4) is 0 Å². The lowest BCUT2D eigenvalue weighted by Gasteiger charge is -2.26. The van der Waals surface area contributed by atoms with Crippen LogP contribution in [0.15, 0.2) is 18.2 Å². The van der Waals surface area contributed by atoms with Crippen LogP contribution in [-0.2, 0) is 11.2 Å². The van der Waals surface area contributed by atoms with Crippen molar-refractivity contribution < 1.29 is 19.4 Å². The quantitative estimate of drug-likeness (QED) is 0.868. The highest BCUT2D eigenvalue weighted by Crippen LogP contribution is 2.21. The minimum absolute atomic E-state index is 0.256. The Morgan fingerprint density at radius 1 is 1.42 bits per heavy atom. The molecule has 2 rings (SSSR count). The van der Waals surface area contributed by atoms with Gasteiger partial charge in [-0.3, -0.25) is 4.90 Å². The van der Waals surface area contributed by atoms with Crippen molar-refractivity contribution in [1.82, 2.24) is 4.90 Å². The van der Waals surface area contributed by atoms with Gasteiger partial charge < -0.3 is 14.6 Å². The zero-order valence-corrected chi connectivity index (χ0v) is 11.1. The minimum Gasteiger partial charge on any atom is -0.496 e. The zero-order valence-electron chi connectivity index (χ0n) is 11.1. The van der Waals surface area contributed by atoms with E-state index < -0.39 is 5.97 Å². The van der Waals surface area contributed by atoms with E-state index in [9.17, 15) is 4.79 Å². The summed E-state index contributed by atoms with van der Waals surface area (Å²) in [6, 6.07) is 5.04. The number of morpholine rings is 1. The van der Waals surface area contributed by atoms with Crippen molar-refractivity contribution in [2.24, 2.45) is 0 Å². The third-order valence-electron chi connectivity index (χ3n) is 3.34. The summed E-state index contributed by atoms with van der Waals surface area (Å²) in [6.07, 6.45) is 0.850. The number of carboxylic acids is 1. The first-order valence-corrected chi connectivity index (χ1v) is 6.41. The van der Waals surface area contributed by atoms with Gasteiger partial charge in [0.25, 0.3) is 0 Å². The van der Waals surface area contributed by atoms with Gasteiger partial charge in [0, 0.05) is 19.6 Å². The van der Waals surface area contributed by atoms with E-state index in [1.54, 1.807) is 19.2 Å². The topological polar surface area (TPSA) is 59.0 Å². The highest BCUT2D eigenvalue weighted by Gasteiger charge is 2.13. The predicted molar refractivity (Wildman–Crippen MR) is 70.9 cm³/mol. The van der Waals surface area contributed by atoms with E-state index in [0.717, 1.165) is 44.8 Å². The third kappa shape index (κ3) is 3.68. The van der Waals surface area contributed by atoms with E-state index in [1.165, 1.54) is 0 Å². The van der Waals surface area contributed by atoms with Crippen molar-refractivity contribution in [3.05, 3.63) is 29.3 Å². The molecule has 1 aromatic carbocycles. The number of benzene rings is 1. The number of nitrogens with zero attached hydrogens (tertiary/aromatic N) is 1. The van der Waals surface area contributed by atoms with Crippen LogP contribution < -0.4 is 4.74 Å². The van der Waals surface area contributed by atoms with Crippen molar-refractivity contribution in [2.45, 2.75) is 6.42 Å². The summed E-state index contributed by atoms with van der Waals surface area (Å²) in [5, 5.41) is 8.95. The van der Waals surface area contributed by atoms with Gasteiger partial charge >= 0.3 is 5.97 Å². The van der Waals surface area contributed by atoms with Crippen LogP contribution in [-0.4, -0.2) is 55.9 Å². The lowest BCUT2D eigenvalue weighted by molar-refractivity contribution is 0.0384. The van der Waals surface area contributed by atoms with Gasteiger partial charge in [-0.1, -0.05) is 6.07 Å². The van der Waals surface area contributed by atoms with E-state index >= 15 is 0 Å². The van der Waals surface area contributed by atoms with Crippen LogP contribution in [0.5, 0.6) is 5.75 Å². The maximum absolute atomic E-state index is 10.9. The van der Waals surface area contributed by atoms with E-state index in [1.807, 2.05) is 6.07 Å². The molecular formula is C14H19NO4. The molecule has 1 aliphatic rings. The molecule has 0 atom stereocenters. The molecule has 104 valence electrons. The standard InChI is InChI=1S/C14H19NO4/c1-18-13-10-12(14(16)17)3-2-11(13)4-5-15-6-8-19-9-7-15/h2-3,10H,4-9H2,1H3,(H,16,17). The summed E-state index contributed by atoms with van der Waals surface area (Å²) in [6.45, 7) is 4.42. The van der Waals surface area contributed by atoms with Crippen LogP contribution in [0.1, 0.15) is 15.9 Å². The lowest BCUT2D eigenvalue weighted by Crippen LogP contribution is -2.37. The molecule has 1 aliphatic heterocycles. The highest BCUT2D eigenvalue weighted by molar-refractivity contribution is 5.88. The van der Waals surface area contributed by atoms with Gasteiger partial charge in [-0.05, 0) is 24.1 Å². The highest BCUT2D eigenvalue weighted by atomic mass is 16.5. The first-order chi connectivity index (χ1) is 9.20. The molecule has 1 N–H and O–H groups in total. The zero-order chi connectivity index (χ0) is 13.7. The molecule has 5 nitrogen and oxygen atoms in total. The SMILES string of the molecule is COc1cc(C(=O)O)ccc1CCN1CCOCC1. The maximum Gasteiger partial charge on any atom is 0.335 e. The molecule has 1 fully saturated rings. The number of rotatable bonds is 5. The fourth-order valence-electron chi connectivity index (χ4n) is 2.19. The monoisotopic (exact) mass is 265 g/mol. The average Bonchev–Trinajstić information content (AvgIpc) is 2.45. The van der Waals surface area contributed by atoms with Crippen molar-refractivity contribution in [3.8, 4) is 5.75 Å². The van der Waals surface area contributed by atoms with E-state index in [-0.39, 0.29) is 5.56 Å². The van der Waals surface area contributed by atoms with Gasteiger partial charge in [0.1, 0.15) is 5.75 Å². The van der Waals surface area contributed by atoms with Gasteiger partial charge in [0.2, 0.25) is 0 Å². The molecule has 1 saturated heterocycles. The molecule has 0 aliphatic carbocycles. The number of carbonyl (C=O) groups is 1. The molecule has 0 radical (unpaired) electrons. The third-order valence-corrected chi connectivity index (χ3v) is 3.34. The Morgan fingerprint density at radius 2 is 2.16 bits per heavy atom. The molecule has 0 unspecified atom stereocenters. The summed E-state index contributed by atoms with van der Waals surface area (Å²) in [5.41, 5.74) is 1.30. The number of hydrogen-bond donors (Lipinski definition) is 1. The van der Waals surface area contributed by atoms with Crippen LogP contribution in [0, 0.1) is 0 Å². The van der Waals surface area contributed by atoms with Crippen molar-refractivity contribution in [1.29, 1.82) is 0 Å². The van der Waals surface area contributed by atoms with Crippen LogP contribution in [0.25, 0.3) is 0 Å². The number of methoxy groups -OCH3 is 1. The van der Waals surface area contributed by atoms with E-state index in [0.29, 0.717) is 5.75 Å². The maximum atomic E-state index is 10.9. The van der Waals surface area contributed by atoms with Crippen LogP contribution >= 0.6 is 0 Å². The number of ether oxygens (including phenoxy) is 2. The first kappa shape index (κ1) is 13.8. The fraction of sp³-hybridized carbons (Fsp3) is 0.500. The second kappa shape index (κ2) is 6.54. The number of carboxylic acid groups (broad SMARTS) is 1. The molecule has 0 spiro atoms. The van der Waals surface area contributed by atoms with E-state index in [4.69, 9.17) is 14.6 Å². The summed E-state index contributed by atoms with van der Waals surface area (Å²) in [5.74, 6) is -0.286. The van der Waals surface area contributed by atoms with Crippen LogP contribution in [0.2, 0.25) is 0 Å². The average molecular weight is 265 g/mol. The van der Waals surface area contributed by atoms with Gasteiger partial charge in [-0.2, -0.15) is 0 Å². The molecule has 0 bridgehead atoms. The molecule has 0 saturated carbocycles.